The zero-order valence-electron chi connectivity index (χ0n) is 15.8. The maximum absolute atomic E-state index is 5.99. The minimum absolute atomic E-state index is 0.295. The number of rotatable bonds is 8. The van der Waals surface area contributed by atoms with Gasteiger partial charge in [0, 0.05) is 13.1 Å². The van der Waals surface area contributed by atoms with Gasteiger partial charge in [-0.05, 0) is 41.0 Å². The first-order valence-electron chi connectivity index (χ1n) is 9.25. The van der Waals surface area contributed by atoms with Gasteiger partial charge in [0.15, 0.2) is 23.0 Å². The molecule has 1 N–H and O–H groups in total. The molecule has 0 saturated carbocycles. The lowest BCUT2D eigenvalue weighted by Crippen LogP contribution is -2.12. The van der Waals surface area contributed by atoms with Crippen LogP contribution in [0.25, 0.3) is 0 Å². The third kappa shape index (κ3) is 4.38. The van der Waals surface area contributed by atoms with Crippen molar-refractivity contribution >= 4 is 0 Å². The zero-order valence-corrected chi connectivity index (χ0v) is 15.8. The smallest absolute Gasteiger partial charge is 0.231 e. The highest BCUT2D eigenvalue weighted by atomic mass is 16.7. The number of hydrogen-bond acceptors (Lipinski definition) is 5. The quantitative estimate of drug-likeness (QED) is 0.635. The van der Waals surface area contributed by atoms with Gasteiger partial charge in [0.2, 0.25) is 6.79 Å². The highest BCUT2D eigenvalue weighted by Crippen LogP contribution is 2.32. The number of benzene rings is 3. The van der Waals surface area contributed by atoms with E-state index in [1.54, 1.807) is 7.11 Å². The zero-order chi connectivity index (χ0) is 19.2. The van der Waals surface area contributed by atoms with Crippen LogP contribution in [0.4, 0.5) is 0 Å². The molecule has 144 valence electrons. The summed E-state index contributed by atoms with van der Waals surface area (Å²) in [5.41, 5.74) is 3.40. The topological polar surface area (TPSA) is 49.0 Å². The molecule has 0 radical (unpaired) electrons. The van der Waals surface area contributed by atoms with Crippen LogP contribution in [0.15, 0.2) is 66.7 Å². The molecular weight excluding hydrogens is 354 g/mol. The van der Waals surface area contributed by atoms with E-state index in [0.717, 1.165) is 52.8 Å². The molecule has 1 heterocycles. The first-order valence-corrected chi connectivity index (χ1v) is 9.25. The van der Waals surface area contributed by atoms with E-state index in [-0.39, 0.29) is 0 Å². The molecule has 5 heteroatoms. The van der Waals surface area contributed by atoms with Gasteiger partial charge in [-0.2, -0.15) is 0 Å². The molecule has 5 nitrogen and oxygen atoms in total. The summed E-state index contributed by atoms with van der Waals surface area (Å²) < 4.78 is 22.2. The summed E-state index contributed by atoms with van der Waals surface area (Å²) in [6, 6.07) is 22.1. The van der Waals surface area contributed by atoms with Crippen molar-refractivity contribution in [2.24, 2.45) is 0 Å². The van der Waals surface area contributed by atoms with Crippen LogP contribution in [0.2, 0.25) is 0 Å². The second-order valence-electron chi connectivity index (χ2n) is 6.55. The summed E-state index contributed by atoms with van der Waals surface area (Å²) in [5, 5.41) is 3.45. The van der Waals surface area contributed by atoms with Gasteiger partial charge in [-0.1, -0.05) is 42.5 Å². The SMILES string of the molecule is COc1ccc(CNCc2ccc3c(c2)OCO3)cc1OCc1ccccc1. The fourth-order valence-electron chi connectivity index (χ4n) is 3.08. The number of fused-ring (bicyclic) bond motifs is 1. The van der Waals surface area contributed by atoms with Crippen molar-refractivity contribution in [1.82, 2.24) is 5.32 Å². The standard InChI is InChI=1S/C23H23NO4/c1-25-20-9-7-18(11-22(20)26-15-17-5-3-2-4-6-17)13-24-14-19-8-10-21-23(12-19)28-16-27-21/h2-12,24H,13-16H2,1H3. The van der Waals surface area contributed by atoms with Crippen molar-refractivity contribution in [3.05, 3.63) is 83.4 Å². The predicted octanol–water partition coefficient (Wildman–Crippen LogP) is 4.29. The second kappa shape index (κ2) is 8.67. The van der Waals surface area contributed by atoms with Crippen molar-refractivity contribution < 1.29 is 18.9 Å². The highest BCUT2D eigenvalue weighted by Gasteiger charge is 2.13. The van der Waals surface area contributed by atoms with Gasteiger partial charge in [-0.25, -0.2) is 0 Å². The van der Waals surface area contributed by atoms with Crippen molar-refractivity contribution in [1.29, 1.82) is 0 Å². The Balaban J connectivity index is 1.36. The summed E-state index contributed by atoms with van der Waals surface area (Å²) in [6.07, 6.45) is 0. The largest absolute Gasteiger partial charge is 0.493 e. The molecule has 0 amide bonds. The molecule has 28 heavy (non-hydrogen) atoms. The molecule has 0 atom stereocenters. The summed E-state index contributed by atoms with van der Waals surface area (Å²) in [7, 11) is 1.66. The minimum Gasteiger partial charge on any atom is -0.493 e. The third-order valence-electron chi connectivity index (χ3n) is 4.56. The van der Waals surface area contributed by atoms with E-state index in [4.69, 9.17) is 18.9 Å². The molecular formula is C23H23NO4. The van der Waals surface area contributed by atoms with Gasteiger partial charge < -0.3 is 24.3 Å². The Morgan fingerprint density at radius 1 is 0.786 bits per heavy atom. The van der Waals surface area contributed by atoms with Crippen molar-refractivity contribution in [2.75, 3.05) is 13.9 Å². The van der Waals surface area contributed by atoms with Gasteiger partial charge in [0.05, 0.1) is 7.11 Å². The molecule has 3 aromatic rings. The normalized spacial score (nSPS) is 12.0. The minimum atomic E-state index is 0.295. The molecule has 1 aliphatic rings. The predicted molar refractivity (Wildman–Crippen MR) is 107 cm³/mol. The van der Waals surface area contributed by atoms with Gasteiger partial charge in [-0.3, -0.25) is 0 Å². The number of methoxy groups -OCH3 is 1. The molecule has 0 aliphatic carbocycles. The Hall–Kier alpha value is -3.18. The molecule has 0 fully saturated rings. The van der Waals surface area contributed by atoms with Crippen LogP contribution in [-0.2, 0) is 19.7 Å². The van der Waals surface area contributed by atoms with Crippen LogP contribution in [0.3, 0.4) is 0 Å². The van der Waals surface area contributed by atoms with E-state index in [0.29, 0.717) is 13.4 Å². The lowest BCUT2D eigenvalue weighted by molar-refractivity contribution is 0.174. The van der Waals surface area contributed by atoms with Crippen molar-refractivity contribution in [3.8, 4) is 23.0 Å². The van der Waals surface area contributed by atoms with Crippen LogP contribution >= 0.6 is 0 Å². The Morgan fingerprint density at radius 3 is 2.36 bits per heavy atom. The van der Waals surface area contributed by atoms with Crippen LogP contribution in [-0.4, -0.2) is 13.9 Å². The molecule has 3 aromatic carbocycles. The summed E-state index contributed by atoms with van der Waals surface area (Å²) in [6.45, 7) is 2.26. The molecule has 0 spiro atoms. The summed E-state index contributed by atoms with van der Waals surface area (Å²) in [5.74, 6) is 3.09. The maximum atomic E-state index is 5.99. The highest BCUT2D eigenvalue weighted by molar-refractivity contribution is 5.45. The van der Waals surface area contributed by atoms with Crippen LogP contribution < -0.4 is 24.3 Å². The van der Waals surface area contributed by atoms with Gasteiger partial charge in [0.1, 0.15) is 6.61 Å². The van der Waals surface area contributed by atoms with E-state index in [1.165, 1.54) is 0 Å². The average molecular weight is 377 g/mol. The van der Waals surface area contributed by atoms with E-state index in [1.807, 2.05) is 66.7 Å². The fraction of sp³-hybridized carbons (Fsp3) is 0.217. The Bertz CT molecular complexity index is 927. The fourth-order valence-corrected chi connectivity index (χ4v) is 3.08. The number of hydrogen-bond donors (Lipinski definition) is 1. The third-order valence-corrected chi connectivity index (χ3v) is 4.56. The lowest BCUT2D eigenvalue weighted by atomic mass is 10.1. The van der Waals surface area contributed by atoms with E-state index in [2.05, 4.69) is 5.32 Å². The van der Waals surface area contributed by atoms with Crippen molar-refractivity contribution in [3.63, 3.8) is 0 Å². The van der Waals surface area contributed by atoms with E-state index in [9.17, 15) is 0 Å². The van der Waals surface area contributed by atoms with Gasteiger partial charge in [-0.15, -0.1) is 0 Å². The Kier molecular flexibility index (Phi) is 5.64. The molecule has 0 unspecified atom stereocenters. The Morgan fingerprint density at radius 2 is 1.54 bits per heavy atom. The maximum Gasteiger partial charge on any atom is 0.231 e. The Labute approximate surface area is 164 Å². The lowest BCUT2D eigenvalue weighted by Gasteiger charge is -2.13. The van der Waals surface area contributed by atoms with E-state index >= 15 is 0 Å². The number of nitrogens with one attached hydrogen (secondary N) is 1. The molecule has 1 aliphatic heterocycles. The van der Waals surface area contributed by atoms with Crippen LogP contribution in [0.5, 0.6) is 23.0 Å². The molecule has 0 bridgehead atoms. The molecule has 0 saturated heterocycles. The van der Waals surface area contributed by atoms with E-state index < -0.39 is 0 Å². The first-order chi connectivity index (χ1) is 13.8. The van der Waals surface area contributed by atoms with Gasteiger partial charge >= 0.3 is 0 Å². The monoisotopic (exact) mass is 377 g/mol. The van der Waals surface area contributed by atoms with Crippen LogP contribution in [0, 0.1) is 0 Å². The summed E-state index contributed by atoms with van der Waals surface area (Å²) in [4.78, 5) is 0. The van der Waals surface area contributed by atoms with Crippen molar-refractivity contribution in [2.45, 2.75) is 19.7 Å². The first kappa shape index (κ1) is 18.2. The molecule has 0 aromatic heterocycles. The number of ether oxygens (including phenoxy) is 4. The molecule has 4 rings (SSSR count). The summed E-state index contributed by atoms with van der Waals surface area (Å²) >= 11 is 0. The average Bonchev–Trinajstić information content (AvgIpc) is 3.21. The van der Waals surface area contributed by atoms with Crippen LogP contribution in [0.1, 0.15) is 16.7 Å². The van der Waals surface area contributed by atoms with Gasteiger partial charge in [0.25, 0.3) is 0 Å². The second-order valence-corrected chi connectivity index (χ2v) is 6.55.